The van der Waals surface area contributed by atoms with Crippen molar-refractivity contribution in [2.45, 2.75) is 19.4 Å². The van der Waals surface area contributed by atoms with Crippen molar-refractivity contribution < 1.29 is 18.0 Å². The van der Waals surface area contributed by atoms with Gasteiger partial charge in [0.05, 0.1) is 17.4 Å². The van der Waals surface area contributed by atoms with Crippen molar-refractivity contribution in [1.29, 1.82) is 0 Å². The highest BCUT2D eigenvalue weighted by molar-refractivity contribution is 7.91. The molecule has 120 valence electrons. The van der Waals surface area contributed by atoms with E-state index in [-0.39, 0.29) is 23.1 Å². The number of hydrogen-bond acceptors (Lipinski definition) is 5. The summed E-state index contributed by atoms with van der Waals surface area (Å²) in [5.74, 6) is -0.300. The Morgan fingerprint density at radius 3 is 2.68 bits per heavy atom. The minimum absolute atomic E-state index is 0.0429. The Labute approximate surface area is 128 Å². The molecule has 3 rings (SSSR count). The summed E-state index contributed by atoms with van der Waals surface area (Å²) in [6.07, 6.45) is 2.54. The standard InChI is InChI=1S/C13H18N4O4S/c14-12(18)10-7-17-5-4-16(3-1-11(17)15-10)13(19)9-2-6-22(20,21)8-9/h7,9H,1-6,8H2,(H2,14,18). The molecule has 8 nitrogen and oxygen atoms in total. The molecule has 1 unspecified atom stereocenters. The van der Waals surface area contributed by atoms with Gasteiger partial charge in [0.2, 0.25) is 5.91 Å². The van der Waals surface area contributed by atoms with Crippen LogP contribution in [0.1, 0.15) is 22.7 Å². The van der Waals surface area contributed by atoms with Crippen LogP contribution in [-0.2, 0) is 27.6 Å². The maximum absolute atomic E-state index is 12.4. The van der Waals surface area contributed by atoms with E-state index in [2.05, 4.69) is 4.98 Å². The fourth-order valence-electron chi connectivity index (χ4n) is 3.01. The number of carbonyl (C=O) groups excluding carboxylic acids is 2. The van der Waals surface area contributed by atoms with Crippen molar-refractivity contribution in [3.63, 3.8) is 0 Å². The second-order valence-electron chi connectivity index (χ2n) is 5.78. The second-order valence-corrected chi connectivity index (χ2v) is 8.00. The SMILES string of the molecule is NC(=O)c1cn2c(n1)CCN(C(=O)C1CCS(=O)(=O)C1)CC2. The number of amides is 2. The normalized spacial score (nSPS) is 23.8. The van der Waals surface area contributed by atoms with E-state index >= 15 is 0 Å². The lowest BCUT2D eigenvalue weighted by Crippen LogP contribution is -2.38. The molecule has 1 aromatic heterocycles. The van der Waals surface area contributed by atoms with Crippen molar-refractivity contribution in [2.75, 3.05) is 24.6 Å². The van der Waals surface area contributed by atoms with Gasteiger partial charge in [-0.25, -0.2) is 13.4 Å². The van der Waals surface area contributed by atoms with Crippen molar-refractivity contribution in [3.8, 4) is 0 Å². The van der Waals surface area contributed by atoms with Crippen molar-refractivity contribution in [3.05, 3.63) is 17.7 Å². The van der Waals surface area contributed by atoms with E-state index in [1.807, 2.05) is 4.57 Å². The lowest BCUT2D eigenvalue weighted by atomic mass is 10.1. The summed E-state index contributed by atoms with van der Waals surface area (Å²) < 4.78 is 24.8. The quantitative estimate of drug-likeness (QED) is 0.733. The van der Waals surface area contributed by atoms with E-state index in [1.54, 1.807) is 11.1 Å². The number of aromatic nitrogens is 2. The first-order valence-corrected chi connectivity index (χ1v) is 9.03. The molecule has 2 N–H and O–H groups in total. The van der Waals surface area contributed by atoms with Crippen molar-refractivity contribution >= 4 is 21.7 Å². The molecule has 3 heterocycles. The zero-order valence-corrected chi connectivity index (χ0v) is 12.9. The Balaban J connectivity index is 1.68. The molecule has 0 spiro atoms. The van der Waals surface area contributed by atoms with Crippen LogP contribution in [-0.4, -0.2) is 59.3 Å². The fourth-order valence-corrected chi connectivity index (χ4v) is 4.74. The summed E-state index contributed by atoms with van der Waals surface area (Å²) >= 11 is 0. The highest BCUT2D eigenvalue weighted by atomic mass is 32.2. The molecule has 1 atom stereocenters. The summed E-state index contributed by atoms with van der Waals surface area (Å²) in [6, 6.07) is 0. The maximum Gasteiger partial charge on any atom is 0.268 e. The smallest absolute Gasteiger partial charge is 0.268 e. The van der Waals surface area contributed by atoms with E-state index in [0.717, 1.165) is 5.82 Å². The van der Waals surface area contributed by atoms with Gasteiger partial charge in [0.1, 0.15) is 11.5 Å². The molecule has 22 heavy (non-hydrogen) atoms. The Bertz CT molecular complexity index is 699. The van der Waals surface area contributed by atoms with Gasteiger partial charge >= 0.3 is 0 Å². The monoisotopic (exact) mass is 326 g/mol. The van der Waals surface area contributed by atoms with Gasteiger partial charge in [-0.05, 0) is 6.42 Å². The topological polar surface area (TPSA) is 115 Å². The van der Waals surface area contributed by atoms with Gasteiger partial charge in [-0.15, -0.1) is 0 Å². The third kappa shape index (κ3) is 2.85. The number of primary amides is 1. The third-order valence-corrected chi connectivity index (χ3v) is 5.99. The third-order valence-electron chi connectivity index (χ3n) is 4.22. The van der Waals surface area contributed by atoms with E-state index in [1.165, 1.54) is 0 Å². The first kappa shape index (κ1) is 15.0. The highest BCUT2D eigenvalue weighted by Crippen LogP contribution is 2.22. The number of nitrogens with two attached hydrogens (primary N) is 1. The Morgan fingerprint density at radius 1 is 1.27 bits per heavy atom. The van der Waals surface area contributed by atoms with Crippen LogP contribution < -0.4 is 5.73 Å². The molecule has 1 saturated heterocycles. The Hall–Kier alpha value is -1.90. The van der Waals surface area contributed by atoms with Gasteiger partial charge < -0.3 is 15.2 Å². The lowest BCUT2D eigenvalue weighted by Gasteiger charge is -2.23. The molecule has 1 aromatic rings. The molecule has 0 bridgehead atoms. The van der Waals surface area contributed by atoms with Crippen LogP contribution in [0.15, 0.2) is 6.20 Å². The van der Waals surface area contributed by atoms with Crippen molar-refractivity contribution in [1.82, 2.24) is 14.5 Å². The van der Waals surface area contributed by atoms with Gasteiger partial charge in [-0.2, -0.15) is 0 Å². The predicted molar refractivity (Wildman–Crippen MR) is 77.8 cm³/mol. The van der Waals surface area contributed by atoms with E-state index < -0.39 is 21.7 Å². The first-order chi connectivity index (χ1) is 10.4. The number of carbonyl (C=O) groups is 2. The molecule has 2 aliphatic rings. The molecule has 2 amide bonds. The van der Waals surface area contributed by atoms with Gasteiger partial charge in [0.15, 0.2) is 9.84 Å². The predicted octanol–water partition coefficient (Wildman–Crippen LogP) is -1.20. The van der Waals surface area contributed by atoms with Gasteiger partial charge in [-0.3, -0.25) is 9.59 Å². The van der Waals surface area contributed by atoms with Crippen LogP contribution in [0.2, 0.25) is 0 Å². The zero-order chi connectivity index (χ0) is 15.9. The Kier molecular flexibility index (Phi) is 3.67. The molecule has 0 aliphatic carbocycles. The summed E-state index contributed by atoms with van der Waals surface area (Å²) in [5.41, 5.74) is 5.45. The summed E-state index contributed by atoms with van der Waals surface area (Å²) in [5, 5.41) is 0. The van der Waals surface area contributed by atoms with Crippen LogP contribution in [0, 0.1) is 5.92 Å². The molecule has 1 fully saturated rings. The molecule has 0 radical (unpaired) electrons. The summed E-state index contributed by atoms with van der Waals surface area (Å²) in [6.45, 7) is 1.49. The van der Waals surface area contributed by atoms with Crippen LogP contribution in [0.5, 0.6) is 0 Å². The highest BCUT2D eigenvalue weighted by Gasteiger charge is 2.35. The molecule has 0 saturated carbocycles. The largest absolute Gasteiger partial charge is 0.364 e. The van der Waals surface area contributed by atoms with Crippen LogP contribution >= 0.6 is 0 Å². The number of nitrogens with zero attached hydrogens (tertiary/aromatic N) is 3. The van der Waals surface area contributed by atoms with Gasteiger partial charge in [0, 0.05) is 32.3 Å². The van der Waals surface area contributed by atoms with Gasteiger partial charge in [-0.1, -0.05) is 0 Å². The number of hydrogen-bond donors (Lipinski definition) is 1. The van der Waals surface area contributed by atoms with Crippen LogP contribution in [0.3, 0.4) is 0 Å². The van der Waals surface area contributed by atoms with Crippen LogP contribution in [0.4, 0.5) is 0 Å². The first-order valence-electron chi connectivity index (χ1n) is 7.21. The number of imidazole rings is 1. The van der Waals surface area contributed by atoms with E-state index in [9.17, 15) is 18.0 Å². The number of fused-ring (bicyclic) bond motifs is 1. The molecular formula is C13H18N4O4S. The molecular weight excluding hydrogens is 308 g/mol. The zero-order valence-electron chi connectivity index (χ0n) is 12.1. The van der Waals surface area contributed by atoms with Gasteiger partial charge in [0.25, 0.3) is 5.91 Å². The Morgan fingerprint density at radius 2 is 2.05 bits per heavy atom. The minimum atomic E-state index is -3.06. The maximum atomic E-state index is 12.4. The average molecular weight is 326 g/mol. The second kappa shape index (κ2) is 5.38. The summed E-state index contributed by atoms with van der Waals surface area (Å²) in [4.78, 5) is 29.5. The molecule has 2 aliphatic heterocycles. The fraction of sp³-hybridized carbons (Fsp3) is 0.615. The van der Waals surface area contributed by atoms with E-state index in [0.29, 0.717) is 32.5 Å². The summed E-state index contributed by atoms with van der Waals surface area (Å²) in [7, 11) is -3.06. The number of rotatable bonds is 2. The molecule has 0 aromatic carbocycles. The lowest BCUT2D eigenvalue weighted by molar-refractivity contribution is -0.134. The average Bonchev–Trinajstić information content (AvgIpc) is 2.96. The number of sulfone groups is 1. The molecule has 9 heteroatoms. The van der Waals surface area contributed by atoms with Crippen molar-refractivity contribution in [2.24, 2.45) is 11.7 Å². The van der Waals surface area contributed by atoms with Crippen LogP contribution in [0.25, 0.3) is 0 Å². The minimum Gasteiger partial charge on any atom is -0.364 e. The van der Waals surface area contributed by atoms with E-state index in [4.69, 9.17) is 5.73 Å².